The van der Waals surface area contributed by atoms with E-state index in [1.165, 1.54) is 19.1 Å². The first-order valence-electron chi connectivity index (χ1n) is 12.8. The van der Waals surface area contributed by atoms with Crippen molar-refractivity contribution in [2.24, 2.45) is 5.41 Å². The van der Waals surface area contributed by atoms with Gasteiger partial charge in [0.1, 0.15) is 12.1 Å². The molecule has 2 aliphatic rings. The van der Waals surface area contributed by atoms with E-state index in [2.05, 4.69) is 27.2 Å². The molecule has 0 aromatic heterocycles. The summed E-state index contributed by atoms with van der Waals surface area (Å²) in [6.07, 6.45) is 5.76. The molecule has 1 aromatic rings. The van der Waals surface area contributed by atoms with Crippen LogP contribution >= 0.6 is 0 Å². The number of carbonyl (C=O) groups excluding carboxylic acids is 2. The predicted molar refractivity (Wildman–Crippen MR) is 145 cm³/mol. The molecule has 0 radical (unpaired) electrons. The van der Waals surface area contributed by atoms with Crippen LogP contribution < -0.4 is 15.4 Å². The van der Waals surface area contributed by atoms with Gasteiger partial charge in [-0.05, 0) is 57.4 Å². The lowest BCUT2D eigenvalue weighted by molar-refractivity contribution is -0.141. The van der Waals surface area contributed by atoms with Crippen LogP contribution in [0.25, 0.3) is 0 Å². The Bertz CT molecular complexity index is 1380. The van der Waals surface area contributed by atoms with Gasteiger partial charge in [-0.3, -0.25) is 14.4 Å². The number of amides is 1. The molecule has 3 rings (SSSR count). The van der Waals surface area contributed by atoms with Crippen LogP contribution in [0.3, 0.4) is 0 Å². The second kappa shape index (κ2) is 13.0. The summed E-state index contributed by atoms with van der Waals surface area (Å²) in [4.78, 5) is 48.4. The van der Waals surface area contributed by atoms with Gasteiger partial charge in [0.2, 0.25) is 15.9 Å². The first-order valence-corrected chi connectivity index (χ1v) is 14.3. The van der Waals surface area contributed by atoms with Gasteiger partial charge in [-0.25, -0.2) is 13.2 Å². The lowest BCUT2D eigenvalue weighted by Gasteiger charge is -2.35. The first kappa shape index (κ1) is 30.7. The summed E-state index contributed by atoms with van der Waals surface area (Å²) in [5.74, 6) is 2.17. The van der Waals surface area contributed by atoms with Gasteiger partial charge in [-0.15, -0.1) is 0 Å². The number of aryl methyl sites for hydroxylation is 1. The SMILES string of the molecule is CC(=O)NC(CC#CC1=CCC(CC(NS(=O)(=O)c2ccc(C)cc2)C(=O)O)(C(=O)[C@@H]2CCCN2)C=C1)C(=O)O. The van der Waals surface area contributed by atoms with Crippen molar-refractivity contribution in [2.75, 3.05) is 6.54 Å². The van der Waals surface area contributed by atoms with Gasteiger partial charge in [0.05, 0.1) is 16.4 Å². The van der Waals surface area contributed by atoms with Crippen LogP contribution in [-0.4, -0.2) is 66.9 Å². The molecule has 40 heavy (non-hydrogen) atoms. The minimum atomic E-state index is -4.19. The van der Waals surface area contributed by atoms with E-state index >= 15 is 0 Å². The Labute approximate surface area is 233 Å². The molecule has 214 valence electrons. The molecule has 1 amide bonds. The molecular weight excluding hydrogens is 538 g/mol. The summed E-state index contributed by atoms with van der Waals surface area (Å²) >= 11 is 0. The number of hydrogen-bond acceptors (Lipinski definition) is 7. The van der Waals surface area contributed by atoms with Crippen molar-refractivity contribution in [1.82, 2.24) is 15.4 Å². The van der Waals surface area contributed by atoms with E-state index in [1.807, 2.05) is 0 Å². The number of aliphatic carboxylic acids is 2. The molecular formula is C28H33N3O8S. The van der Waals surface area contributed by atoms with E-state index in [4.69, 9.17) is 0 Å². The van der Waals surface area contributed by atoms with Crippen molar-refractivity contribution in [1.29, 1.82) is 0 Å². The molecule has 1 heterocycles. The molecule has 1 fully saturated rings. The number of ketones is 1. The minimum Gasteiger partial charge on any atom is -0.480 e. The van der Waals surface area contributed by atoms with Crippen LogP contribution in [0.4, 0.5) is 0 Å². The van der Waals surface area contributed by atoms with Crippen LogP contribution in [0.5, 0.6) is 0 Å². The van der Waals surface area contributed by atoms with Crippen LogP contribution in [-0.2, 0) is 29.2 Å². The van der Waals surface area contributed by atoms with E-state index in [0.717, 1.165) is 12.0 Å². The smallest absolute Gasteiger partial charge is 0.327 e. The van der Waals surface area contributed by atoms with Gasteiger partial charge in [-0.2, -0.15) is 4.72 Å². The van der Waals surface area contributed by atoms with Crippen molar-refractivity contribution in [3.05, 3.63) is 53.6 Å². The lowest BCUT2D eigenvalue weighted by atomic mass is 9.70. The summed E-state index contributed by atoms with van der Waals surface area (Å²) in [7, 11) is -4.19. The maximum atomic E-state index is 13.7. The average molecular weight is 572 g/mol. The van der Waals surface area contributed by atoms with Crippen molar-refractivity contribution < 1.29 is 37.8 Å². The molecule has 0 bridgehead atoms. The molecule has 1 aliphatic carbocycles. The summed E-state index contributed by atoms with van der Waals surface area (Å²) in [5, 5.41) is 24.6. The Kier molecular flexibility index (Phi) is 10.0. The highest BCUT2D eigenvalue weighted by molar-refractivity contribution is 7.89. The monoisotopic (exact) mass is 571 g/mol. The number of carboxylic acid groups (broad SMARTS) is 2. The van der Waals surface area contributed by atoms with E-state index in [-0.39, 0.29) is 29.9 Å². The van der Waals surface area contributed by atoms with Crippen molar-refractivity contribution in [2.45, 2.75) is 69.0 Å². The van der Waals surface area contributed by atoms with Gasteiger partial charge in [0.15, 0.2) is 5.78 Å². The van der Waals surface area contributed by atoms with Gasteiger partial charge in [0.25, 0.3) is 0 Å². The van der Waals surface area contributed by atoms with Crippen molar-refractivity contribution >= 4 is 33.7 Å². The number of Topliss-reactive ketones (excluding diaryl/α,β-unsaturated/α-hetero) is 1. The standard InChI is InChI=1S/C28H33N3O8S/c1-18-8-10-21(11-9-18)40(38,39)31-24(27(36)37)17-28(25(33)22-7-4-16-29-22)14-12-20(13-15-28)5-3-6-23(26(34)35)30-19(2)32/h8-14,22-24,29,31H,4,6-7,15-17H2,1-2H3,(H,30,32)(H,34,35)(H,36,37)/t22-,23?,24?,28?/m0/s1. The third-order valence-electron chi connectivity index (χ3n) is 6.85. The number of rotatable bonds is 11. The van der Waals surface area contributed by atoms with E-state index in [0.29, 0.717) is 18.5 Å². The lowest BCUT2D eigenvalue weighted by Crippen LogP contribution is -2.49. The normalized spacial score (nSPS) is 21.9. The number of benzene rings is 1. The number of carboxylic acids is 2. The zero-order chi connectivity index (χ0) is 29.5. The molecule has 3 unspecified atom stereocenters. The molecule has 1 aliphatic heterocycles. The van der Waals surface area contributed by atoms with Gasteiger partial charge >= 0.3 is 11.9 Å². The quantitative estimate of drug-likeness (QED) is 0.245. The Morgan fingerprint density at radius 3 is 2.33 bits per heavy atom. The fourth-order valence-corrected chi connectivity index (χ4v) is 5.87. The summed E-state index contributed by atoms with van der Waals surface area (Å²) in [6.45, 7) is 3.65. The van der Waals surface area contributed by atoms with Crippen LogP contribution in [0.15, 0.2) is 53.0 Å². The minimum absolute atomic E-state index is 0.0780. The Balaban J connectivity index is 1.85. The molecule has 12 heteroatoms. The highest BCUT2D eigenvalue weighted by Gasteiger charge is 2.44. The van der Waals surface area contributed by atoms with Gasteiger partial charge in [0, 0.05) is 18.9 Å². The zero-order valence-corrected chi connectivity index (χ0v) is 23.1. The van der Waals surface area contributed by atoms with Crippen molar-refractivity contribution in [3.63, 3.8) is 0 Å². The summed E-state index contributed by atoms with van der Waals surface area (Å²) in [6, 6.07) is 2.72. The predicted octanol–water partition coefficient (Wildman–Crippen LogP) is 1.29. The first-order chi connectivity index (χ1) is 18.8. The second-order valence-corrected chi connectivity index (χ2v) is 11.7. The average Bonchev–Trinajstić information content (AvgIpc) is 3.43. The largest absolute Gasteiger partial charge is 0.480 e. The number of carbonyl (C=O) groups is 4. The number of hydrogen-bond donors (Lipinski definition) is 5. The molecule has 4 atom stereocenters. The Hall–Kier alpha value is -3.79. The summed E-state index contributed by atoms with van der Waals surface area (Å²) < 4.78 is 28.2. The van der Waals surface area contributed by atoms with E-state index in [9.17, 15) is 37.8 Å². The fourth-order valence-electron chi connectivity index (χ4n) is 4.68. The molecule has 11 nitrogen and oxygen atoms in total. The summed E-state index contributed by atoms with van der Waals surface area (Å²) in [5.41, 5.74) is 0.0158. The molecule has 1 saturated heterocycles. The van der Waals surface area contributed by atoms with Crippen LogP contribution in [0, 0.1) is 24.2 Å². The van der Waals surface area contributed by atoms with E-state index < -0.39 is 51.4 Å². The van der Waals surface area contributed by atoms with Crippen molar-refractivity contribution in [3.8, 4) is 11.8 Å². The Morgan fingerprint density at radius 1 is 1.12 bits per heavy atom. The molecule has 0 saturated carbocycles. The maximum Gasteiger partial charge on any atom is 0.327 e. The Morgan fingerprint density at radius 2 is 1.80 bits per heavy atom. The van der Waals surface area contributed by atoms with Gasteiger partial charge in [-0.1, -0.05) is 41.7 Å². The zero-order valence-electron chi connectivity index (χ0n) is 22.3. The molecule has 5 N–H and O–H groups in total. The number of allylic oxidation sites excluding steroid dienone is 4. The topological polar surface area (TPSA) is 179 Å². The maximum absolute atomic E-state index is 13.7. The van der Waals surface area contributed by atoms with Crippen LogP contribution in [0.1, 0.15) is 44.6 Å². The third-order valence-corrected chi connectivity index (χ3v) is 8.33. The molecule has 0 spiro atoms. The number of nitrogens with one attached hydrogen (secondary N) is 3. The number of sulfonamides is 1. The highest BCUT2D eigenvalue weighted by Crippen LogP contribution is 2.38. The third kappa shape index (κ3) is 7.88. The fraction of sp³-hybridized carbons (Fsp3) is 0.429. The van der Waals surface area contributed by atoms with Crippen LogP contribution in [0.2, 0.25) is 0 Å². The molecule has 1 aromatic carbocycles. The van der Waals surface area contributed by atoms with E-state index in [1.54, 1.807) is 37.3 Å². The highest BCUT2D eigenvalue weighted by atomic mass is 32.2. The second-order valence-electron chi connectivity index (χ2n) is 9.99. The van der Waals surface area contributed by atoms with Gasteiger partial charge < -0.3 is 20.8 Å².